The summed E-state index contributed by atoms with van der Waals surface area (Å²) < 4.78 is 0. The Kier molecular flexibility index (Phi) is 4.32. The van der Waals surface area contributed by atoms with Gasteiger partial charge in [-0.2, -0.15) is 5.26 Å². The molecule has 1 heterocycles. The Morgan fingerprint density at radius 2 is 2.06 bits per heavy atom. The maximum Gasteiger partial charge on any atom is 0.0991 e. The van der Waals surface area contributed by atoms with E-state index in [1.807, 2.05) is 24.3 Å². The Hall–Kier alpha value is -1.41. The predicted molar refractivity (Wildman–Crippen MR) is 67.6 cm³/mol. The third-order valence-corrected chi connectivity index (χ3v) is 3.53. The smallest absolute Gasteiger partial charge is 0.0991 e. The van der Waals surface area contributed by atoms with E-state index in [-0.39, 0.29) is 12.5 Å². The van der Waals surface area contributed by atoms with Gasteiger partial charge in [0.25, 0.3) is 0 Å². The number of β-amino-alcohol motifs (C(OH)–C–C–N with tert-alkyl or cyclic N) is 1. The largest absolute Gasteiger partial charge is 0.396 e. The third-order valence-electron chi connectivity index (χ3n) is 3.53. The predicted octanol–water partition coefficient (Wildman–Crippen LogP) is 0.733. The molecule has 0 aromatic heterocycles. The Labute approximate surface area is 107 Å². The molecule has 0 saturated carbocycles. The van der Waals surface area contributed by atoms with Gasteiger partial charge in [-0.25, -0.2) is 0 Å². The topological polar surface area (TPSA) is 67.5 Å². The number of aliphatic hydroxyl groups excluding tert-OH is 2. The Balaban J connectivity index is 1.92. The van der Waals surface area contributed by atoms with Crippen molar-refractivity contribution < 1.29 is 10.2 Å². The van der Waals surface area contributed by atoms with Crippen LogP contribution >= 0.6 is 0 Å². The Morgan fingerprint density at radius 1 is 1.33 bits per heavy atom. The number of nitrogens with zero attached hydrogens (tertiary/aromatic N) is 2. The summed E-state index contributed by atoms with van der Waals surface area (Å²) in [6.45, 7) is 2.33. The fourth-order valence-electron chi connectivity index (χ4n) is 2.35. The van der Waals surface area contributed by atoms with E-state index in [2.05, 4.69) is 11.0 Å². The van der Waals surface area contributed by atoms with E-state index in [0.29, 0.717) is 12.1 Å². The molecule has 1 saturated heterocycles. The SMILES string of the molecule is N#Cc1ccc(CN2CC[C@H](CO)[C@H](O)C2)cc1. The standard InChI is InChI=1S/C14H18N2O2/c15-7-11-1-3-12(4-2-11)8-16-6-5-13(10-17)14(18)9-16/h1-4,13-14,17-18H,5-6,8-10H2/t13-,14-/m1/s1. The van der Waals surface area contributed by atoms with Crippen molar-refractivity contribution in [3.8, 4) is 6.07 Å². The monoisotopic (exact) mass is 246 g/mol. The molecular formula is C14H18N2O2. The molecule has 0 bridgehead atoms. The van der Waals surface area contributed by atoms with Crippen molar-refractivity contribution in [2.24, 2.45) is 5.92 Å². The van der Waals surface area contributed by atoms with E-state index >= 15 is 0 Å². The Bertz CT molecular complexity index is 424. The molecule has 1 aliphatic rings. The van der Waals surface area contributed by atoms with Crippen LogP contribution in [-0.2, 0) is 6.54 Å². The highest BCUT2D eigenvalue weighted by atomic mass is 16.3. The first-order chi connectivity index (χ1) is 8.72. The number of piperidine rings is 1. The number of nitriles is 1. The number of hydrogen-bond acceptors (Lipinski definition) is 4. The molecule has 1 aliphatic heterocycles. The lowest BCUT2D eigenvalue weighted by Crippen LogP contribution is -2.44. The van der Waals surface area contributed by atoms with Crippen molar-refractivity contribution in [3.63, 3.8) is 0 Å². The van der Waals surface area contributed by atoms with Gasteiger partial charge in [-0.3, -0.25) is 4.90 Å². The lowest BCUT2D eigenvalue weighted by Gasteiger charge is -2.35. The van der Waals surface area contributed by atoms with Crippen molar-refractivity contribution in [1.29, 1.82) is 5.26 Å². The normalized spacial score (nSPS) is 24.7. The van der Waals surface area contributed by atoms with Crippen molar-refractivity contribution in [2.75, 3.05) is 19.7 Å². The fourth-order valence-corrected chi connectivity index (χ4v) is 2.35. The maximum atomic E-state index is 9.85. The number of benzene rings is 1. The molecule has 4 heteroatoms. The van der Waals surface area contributed by atoms with Gasteiger partial charge in [0.15, 0.2) is 0 Å². The van der Waals surface area contributed by atoms with E-state index in [1.54, 1.807) is 0 Å². The second-order valence-electron chi connectivity index (χ2n) is 4.84. The summed E-state index contributed by atoms with van der Waals surface area (Å²) in [6, 6.07) is 9.62. The minimum Gasteiger partial charge on any atom is -0.396 e. The first-order valence-corrected chi connectivity index (χ1v) is 6.23. The summed E-state index contributed by atoms with van der Waals surface area (Å²) in [6.07, 6.45) is 0.385. The molecule has 0 unspecified atom stereocenters. The first kappa shape index (κ1) is 13.0. The maximum absolute atomic E-state index is 9.85. The molecule has 2 rings (SSSR count). The number of hydrogen-bond donors (Lipinski definition) is 2. The van der Waals surface area contributed by atoms with Crippen LogP contribution in [0.2, 0.25) is 0 Å². The van der Waals surface area contributed by atoms with Crippen LogP contribution in [0, 0.1) is 17.2 Å². The lowest BCUT2D eigenvalue weighted by molar-refractivity contribution is -0.00443. The summed E-state index contributed by atoms with van der Waals surface area (Å²) in [5, 5.41) is 27.7. The second kappa shape index (κ2) is 5.96. The molecule has 96 valence electrons. The summed E-state index contributed by atoms with van der Waals surface area (Å²) >= 11 is 0. The lowest BCUT2D eigenvalue weighted by atomic mass is 9.94. The van der Waals surface area contributed by atoms with Crippen molar-refractivity contribution in [2.45, 2.75) is 19.1 Å². The zero-order chi connectivity index (χ0) is 13.0. The van der Waals surface area contributed by atoms with Crippen LogP contribution in [0.4, 0.5) is 0 Å². The number of rotatable bonds is 3. The van der Waals surface area contributed by atoms with Crippen LogP contribution in [0.25, 0.3) is 0 Å². The molecular weight excluding hydrogens is 228 g/mol. The molecule has 2 atom stereocenters. The van der Waals surface area contributed by atoms with Gasteiger partial charge >= 0.3 is 0 Å². The summed E-state index contributed by atoms with van der Waals surface area (Å²) in [7, 11) is 0. The summed E-state index contributed by atoms with van der Waals surface area (Å²) in [5.74, 6) is 0.0159. The average Bonchev–Trinajstić information content (AvgIpc) is 2.40. The van der Waals surface area contributed by atoms with Gasteiger partial charge in [-0.1, -0.05) is 12.1 Å². The number of aliphatic hydroxyl groups is 2. The summed E-state index contributed by atoms with van der Waals surface area (Å²) in [4.78, 5) is 2.18. The zero-order valence-corrected chi connectivity index (χ0v) is 10.3. The molecule has 0 amide bonds. The highest BCUT2D eigenvalue weighted by Gasteiger charge is 2.26. The first-order valence-electron chi connectivity index (χ1n) is 6.23. The fraction of sp³-hybridized carbons (Fsp3) is 0.500. The molecule has 0 aliphatic carbocycles. The van der Waals surface area contributed by atoms with Gasteiger partial charge in [-0.15, -0.1) is 0 Å². The van der Waals surface area contributed by atoms with E-state index in [0.717, 1.165) is 25.1 Å². The average molecular weight is 246 g/mol. The quantitative estimate of drug-likeness (QED) is 0.825. The highest BCUT2D eigenvalue weighted by Crippen LogP contribution is 2.19. The molecule has 4 nitrogen and oxygen atoms in total. The van der Waals surface area contributed by atoms with Gasteiger partial charge in [0, 0.05) is 25.6 Å². The molecule has 0 spiro atoms. The summed E-state index contributed by atoms with van der Waals surface area (Å²) in [5.41, 5.74) is 1.81. The van der Waals surface area contributed by atoms with Crippen LogP contribution in [0.1, 0.15) is 17.5 Å². The molecule has 1 aromatic rings. The Morgan fingerprint density at radius 3 is 2.61 bits per heavy atom. The van der Waals surface area contributed by atoms with Crippen LogP contribution in [0.15, 0.2) is 24.3 Å². The zero-order valence-electron chi connectivity index (χ0n) is 10.3. The highest BCUT2D eigenvalue weighted by molar-refractivity contribution is 5.31. The number of likely N-dealkylation sites (tertiary alicyclic amines) is 1. The molecule has 2 N–H and O–H groups in total. The second-order valence-corrected chi connectivity index (χ2v) is 4.84. The molecule has 1 fully saturated rings. The van der Waals surface area contributed by atoms with E-state index < -0.39 is 6.10 Å². The van der Waals surface area contributed by atoms with Crippen LogP contribution in [0.3, 0.4) is 0 Å². The minimum absolute atomic E-state index is 0.0159. The minimum atomic E-state index is -0.442. The van der Waals surface area contributed by atoms with Crippen LogP contribution < -0.4 is 0 Å². The van der Waals surface area contributed by atoms with Gasteiger partial charge in [-0.05, 0) is 30.7 Å². The van der Waals surface area contributed by atoms with Gasteiger partial charge in [0.05, 0.1) is 17.7 Å². The van der Waals surface area contributed by atoms with Crippen molar-refractivity contribution in [1.82, 2.24) is 4.90 Å². The third kappa shape index (κ3) is 3.08. The van der Waals surface area contributed by atoms with Crippen molar-refractivity contribution >= 4 is 0 Å². The van der Waals surface area contributed by atoms with Gasteiger partial charge < -0.3 is 10.2 Å². The van der Waals surface area contributed by atoms with Crippen LogP contribution in [-0.4, -0.2) is 40.9 Å². The van der Waals surface area contributed by atoms with Crippen molar-refractivity contribution in [3.05, 3.63) is 35.4 Å². The van der Waals surface area contributed by atoms with Crippen LogP contribution in [0.5, 0.6) is 0 Å². The van der Waals surface area contributed by atoms with E-state index in [9.17, 15) is 5.11 Å². The molecule has 1 aromatic carbocycles. The van der Waals surface area contributed by atoms with E-state index in [1.165, 1.54) is 0 Å². The van der Waals surface area contributed by atoms with E-state index in [4.69, 9.17) is 10.4 Å². The molecule has 0 radical (unpaired) electrons. The molecule has 18 heavy (non-hydrogen) atoms. The van der Waals surface area contributed by atoms with Gasteiger partial charge in [0.2, 0.25) is 0 Å². The van der Waals surface area contributed by atoms with Gasteiger partial charge in [0.1, 0.15) is 0 Å².